The lowest BCUT2D eigenvalue weighted by Gasteiger charge is -2.52. The molecule has 3 aliphatic rings. The fourth-order valence-electron chi connectivity index (χ4n) is 8.95. The van der Waals surface area contributed by atoms with Crippen molar-refractivity contribution in [3.63, 3.8) is 0 Å². The van der Waals surface area contributed by atoms with Gasteiger partial charge < -0.3 is 71.4 Å². The van der Waals surface area contributed by atoms with Crippen LogP contribution >= 0.6 is 53.3 Å². The van der Waals surface area contributed by atoms with Gasteiger partial charge in [-0.2, -0.15) is 0 Å². The summed E-state index contributed by atoms with van der Waals surface area (Å²) in [6.07, 6.45) is -2.41. The summed E-state index contributed by atoms with van der Waals surface area (Å²) >= 11 is 4.47. The summed E-state index contributed by atoms with van der Waals surface area (Å²) in [6.45, 7) is 51.1. The van der Waals surface area contributed by atoms with Crippen LogP contribution in [0.2, 0.25) is 137 Å². The lowest BCUT2D eigenvalue weighted by atomic mass is 9.93. The molecule has 462 valence electrons. The van der Waals surface area contributed by atoms with E-state index in [9.17, 15) is 25.2 Å². The summed E-state index contributed by atoms with van der Waals surface area (Å²) < 4.78 is 74.3. The van der Waals surface area contributed by atoms with Gasteiger partial charge in [0.05, 0.1) is 18.2 Å². The van der Waals surface area contributed by atoms with Gasteiger partial charge in [-0.15, -0.1) is 35.3 Å². The summed E-state index contributed by atoms with van der Waals surface area (Å²) in [5.74, 6) is -0.0645. The van der Waals surface area contributed by atoms with Crippen molar-refractivity contribution in [1.29, 1.82) is 0 Å². The number of aliphatic hydroxyl groups is 4. The first-order valence-electron chi connectivity index (χ1n) is 27.1. The Morgan fingerprint density at radius 3 is 1.10 bits per heavy atom. The smallest absolute Gasteiger partial charge is 0.184 e. The van der Waals surface area contributed by atoms with Crippen molar-refractivity contribution in [3.8, 4) is 0 Å². The van der Waals surface area contributed by atoms with Crippen molar-refractivity contribution in [2.75, 3.05) is 18.8 Å². The van der Waals surface area contributed by atoms with Crippen LogP contribution in [0.3, 0.4) is 0 Å². The number of nitrogens with two attached hydrogens (primary N) is 1. The second-order valence-electron chi connectivity index (χ2n) is 27.3. The maximum atomic E-state index is 12.4. The topological polar surface area (TPSA) is 241 Å². The molecular formula is C48H109N3O15P2S3Si7. The molecule has 18 nitrogen and oxygen atoms in total. The van der Waals surface area contributed by atoms with Crippen LogP contribution in [0.4, 0.5) is 0 Å². The van der Waals surface area contributed by atoms with Crippen LogP contribution in [0.1, 0.15) is 20.8 Å². The highest BCUT2D eigenvalue weighted by molar-refractivity contribution is 7.99. The van der Waals surface area contributed by atoms with Gasteiger partial charge in [0.15, 0.2) is 64.0 Å². The normalized spacial score (nSPS) is 32.7. The zero-order chi connectivity index (χ0) is 61.2. The number of carbonyl (C=O) groups excluding carboxylic acids is 1. The number of hydrogen-bond acceptors (Lipinski definition) is 21. The van der Waals surface area contributed by atoms with Gasteiger partial charge in [-0.05, 0) is 195 Å². The Bertz CT molecular complexity index is 1830. The van der Waals surface area contributed by atoms with E-state index < -0.39 is 118 Å². The first-order valence-corrected chi connectivity index (χ1v) is 55.7. The molecule has 3 aliphatic heterocycles. The Labute approximate surface area is 496 Å². The largest absolute Gasteiger partial charge is 0.413 e. The first-order chi connectivity index (χ1) is 35.1. The van der Waals surface area contributed by atoms with Crippen molar-refractivity contribution in [3.05, 3.63) is 0 Å². The highest BCUT2D eigenvalue weighted by Crippen LogP contribution is 2.41. The van der Waals surface area contributed by atoms with Crippen molar-refractivity contribution < 1.29 is 70.4 Å². The fourth-order valence-corrected chi connectivity index (χ4v) is 19.7. The monoisotopic (exact) mass is 1320 g/mol. The van der Waals surface area contributed by atoms with Gasteiger partial charge in [-0.1, -0.05) is 0 Å². The lowest BCUT2D eigenvalue weighted by Crippen LogP contribution is -2.67. The Morgan fingerprint density at radius 1 is 0.487 bits per heavy atom. The fraction of sp³-hybridized carbons (Fsp3) is 0.979. The minimum Gasteiger partial charge on any atom is -0.413 e. The second-order valence-corrected chi connectivity index (χ2v) is 61.9. The van der Waals surface area contributed by atoms with Gasteiger partial charge >= 0.3 is 0 Å². The molecule has 0 spiro atoms. The number of nitrogens with zero attached hydrogens (tertiary/aromatic N) is 2. The van der Waals surface area contributed by atoms with E-state index in [0.717, 1.165) is 0 Å². The number of thioether (sulfide) groups is 3. The Hall–Kier alpha value is 1.84. The molecule has 6 N–H and O–H groups in total. The van der Waals surface area contributed by atoms with Crippen LogP contribution in [0.5, 0.6) is 0 Å². The predicted molar refractivity (Wildman–Crippen MR) is 347 cm³/mol. The van der Waals surface area contributed by atoms with Crippen molar-refractivity contribution in [1.82, 2.24) is 0 Å². The molecule has 78 heavy (non-hydrogen) atoms. The molecule has 3 saturated heterocycles. The Balaban J connectivity index is 0.000000617. The van der Waals surface area contributed by atoms with Crippen LogP contribution in [0, 0.1) is 0 Å². The van der Waals surface area contributed by atoms with Gasteiger partial charge in [-0.25, -0.2) is 0 Å². The molecule has 3 rings (SSSR count). The van der Waals surface area contributed by atoms with Crippen LogP contribution in [-0.4, -0.2) is 223 Å². The van der Waals surface area contributed by atoms with Gasteiger partial charge in [0.2, 0.25) is 0 Å². The highest BCUT2D eigenvalue weighted by atomic mass is 32.2. The minimum atomic E-state index is -1.98. The van der Waals surface area contributed by atoms with Gasteiger partial charge in [-0.3, -0.25) is 14.3 Å². The molecule has 30 heteroatoms. The molecule has 0 amide bonds. The van der Waals surface area contributed by atoms with E-state index in [1.807, 2.05) is 6.26 Å². The van der Waals surface area contributed by atoms with Crippen LogP contribution < -0.4 is 5.73 Å². The molecule has 3 fully saturated rings. The number of carbonyl (C=O) groups is 1. The third-order valence-electron chi connectivity index (χ3n) is 11.6. The molecule has 20 atom stereocenters. The van der Waals surface area contributed by atoms with Crippen LogP contribution in [0.25, 0.3) is 0 Å². The predicted octanol–water partition coefficient (Wildman–Crippen LogP) is 9.55. The average molecular weight is 1320 g/mol. The van der Waals surface area contributed by atoms with Crippen molar-refractivity contribution in [2.24, 2.45) is 15.2 Å². The number of aliphatic hydroxyl groups excluding tert-OH is 4. The van der Waals surface area contributed by atoms with Gasteiger partial charge in [0.25, 0.3) is 0 Å². The summed E-state index contributed by atoms with van der Waals surface area (Å²) in [5.41, 5.74) is 4.58. The lowest BCUT2D eigenvalue weighted by molar-refractivity contribution is -0.207. The molecule has 0 radical (unpaired) electrons. The standard InChI is InChI=1S/C21H50NO5PSSi4.C18H40NO5PSSi3.C9H19NO5S/c1-15(24-30(3,4)5)16(22-28)17-18(25-31(6,7)8)19(26-32(9,10)11)20(21(23-17)29-2)27-33(12,13)14;1-12(20)13(19-25)14-15(22-27(3,4)5)16(23-28(6,7)8)17(18(21-14)26-2)24-29(9,10)11;1-3(11)4(10)8-6(13)5(12)7(14)9(15-8)16-2/h15-21,28H,1-14H3;13-18,25H,1-11H3;3-9,11-14H,10H2,1-2H3/t15-,16-,17-,18+,19+,20-,21-;13-,14-,15+,16+,17-,18-;3-,4-,5+,6-,7-,8-,9-/m111/s1. The van der Waals surface area contributed by atoms with Gasteiger partial charge in [0.1, 0.15) is 102 Å². The molecular weight excluding hydrogens is 1210 g/mol. The zero-order valence-corrected chi connectivity index (χ0v) is 64.0. The van der Waals surface area contributed by atoms with E-state index in [1.54, 1.807) is 29.8 Å². The number of ether oxygens (including phenoxy) is 3. The van der Waals surface area contributed by atoms with Crippen molar-refractivity contribution in [2.45, 2.75) is 278 Å². The molecule has 0 aromatic carbocycles. The maximum Gasteiger partial charge on any atom is 0.184 e. The quantitative estimate of drug-likeness (QED) is 0.0422. The summed E-state index contributed by atoms with van der Waals surface area (Å²) in [7, 11) is -6.63. The number of Topliss-reactive ketones (excluding diaryl/α,β-unsaturated/α-hetero) is 1. The molecule has 0 bridgehead atoms. The van der Waals surface area contributed by atoms with E-state index in [4.69, 9.17) is 50.9 Å². The summed E-state index contributed by atoms with van der Waals surface area (Å²) in [6, 6.07) is -1.71. The van der Waals surface area contributed by atoms with Crippen LogP contribution in [-0.2, 0) is 50.0 Å². The average Bonchev–Trinajstić information content (AvgIpc) is 3.23. The van der Waals surface area contributed by atoms with Crippen LogP contribution in [0.15, 0.2) is 9.49 Å². The molecule has 0 aromatic heterocycles. The maximum absolute atomic E-state index is 12.4. The molecule has 3 heterocycles. The van der Waals surface area contributed by atoms with E-state index in [2.05, 4.69) is 178 Å². The number of rotatable bonds is 25. The third kappa shape index (κ3) is 26.8. The number of ketones is 1. The van der Waals surface area contributed by atoms with Crippen molar-refractivity contribution >= 4 is 117 Å². The SMILES string of the molecule is CS[C@H]1O[C@H]([C@H](N)[C@@H](C)O)[C@H](O)[C@H](O)[C@H]1O.CS[C@H]1O[C@H]([C@H](N=P)C(C)=O)[C@H](O[Si](C)(C)C)[C@H](O[Si](C)(C)C)[C@H]1O[Si](C)(C)C.CS[C@H]1O[C@H]([C@H](N=P)[C@@H](C)O[Si](C)(C)C)[C@H](O[Si](C)(C)C)[C@H](O[Si](C)(C)C)[C@H]1O[Si](C)(C)C. The zero-order valence-electron chi connectivity index (χ0n) is 52.5. The van der Waals surface area contributed by atoms with E-state index in [1.165, 1.54) is 25.6 Å². The molecule has 0 aromatic rings. The summed E-state index contributed by atoms with van der Waals surface area (Å²) in [4.78, 5) is 12.4. The summed E-state index contributed by atoms with van der Waals surface area (Å²) in [5, 5.41) is 38.2. The number of hydrogen-bond donors (Lipinski definition) is 5. The molecule has 0 saturated carbocycles. The van der Waals surface area contributed by atoms with E-state index in [0.29, 0.717) is 0 Å². The van der Waals surface area contributed by atoms with E-state index >= 15 is 0 Å². The Morgan fingerprint density at radius 2 is 0.808 bits per heavy atom. The second kappa shape index (κ2) is 32.2. The van der Waals surface area contributed by atoms with E-state index in [-0.39, 0.29) is 65.4 Å². The third-order valence-corrected chi connectivity index (χ3v) is 21.7. The molecule has 0 unspecified atom stereocenters. The first kappa shape index (κ1) is 77.9. The molecule has 0 aliphatic carbocycles. The highest BCUT2D eigenvalue weighted by Gasteiger charge is 2.56. The minimum absolute atomic E-state index is 0.0645. The van der Waals surface area contributed by atoms with Gasteiger partial charge in [0, 0.05) is 0 Å². The Kier molecular flexibility index (Phi) is 32.1.